The van der Waals surface area contributed by atoms with Crippen molar-refractivity contribution in [2.45, 2.75) is 12.5 Å². The van der Waals surface area contributed by atoms with E-state index in [0.29, 0.717) is 6.42 Å². The van der Waals surface area contributed by atoms with Crippen LogP contribution in [0.5, 0.6) is 0 Å². The van der Waals surface area contributed by atoms with Gasteiger partial charge >= 0.3 is 5.97 Å². The third kappa shape index (κ3) is 3.16. The van der Waals surface area contributed by atoms with E-state index < -0.39 is 12.0 Å². The largest absolute Gasteiger partial charge is 0.480 e. The molecule has 0 spiro atoms. The first-order valence-electron chi connectivity index (χ1n) is 3.82. The van der Waals surface area contributed by atoms with Gasteiger partial charge in [-0.2, -0.15) is 0 Å². The van der Waals surface area contributed by atoms with Crippen LogP contribution in [-0.2, 0) is 11.2 Å². The minimum atomic E-state index is -0.972. The first-order chi connectivity index (χ1) is 6.09. The van der Waals surface area contributed by atoms with Crippen molar-refractivity contribution >= 4 is 21.9 Å². The summed E-state index contributed by atoms with van der Waals surface area (Å²) in [6, 6.07) is 6.63. The lowest BCUT2D eigenvalue weighted by atomic mass is 10.1. The molecule has 0 saturated heterocycles. The molecule has 1 atom stereocenters. The smallest absolute Gasteiger partial charge is 0.320 e. The van der Waals surface area contributed by atoms with E-state index in [4.69, 9.17) is 10.8 Å². The molecule has 0 fully saturated rings. The summed E-state index contributed by atoms with van der Waals surface area (Å²) in [5.74, 6) is -0.972. The fraction of sp³-hybridized carbons (Fsp3) is 0.222. The van der Waals surface area contributed by atoms with Gasteiger partial charge in [-0.3, -0.25) is 4.79 Å². The molecule has 0 heterocycles. The maximum Gasteiger partial charge on any atom is 0.320 e. The number of benzene rings is 1. The van der Waals surface area contributed by atoms with Gasteiger partial charge in [0.15, 0.2) is 0 Å². The normalized spacial score (nSPS) is 12.5. The Labute approximate surface area is 84.7 Å². The number of hydrogen-bond acceptors (Lipinski definition) is 2. The van der Waals surface area contributed by atoms with Gasteiger partial charge in [0.25, 0.3) is 0 Å². The zero-order valence-corrected chi connectivity index (χ0v) is 8.49. The van der Waals surface area contributed by atoms with Crippen molar-refractivity contribution in [2.24, 2.45) is 5.73 Å². The van der Waals surface area contributed by atoms with Gasteiger partial charge in [-0.25, -0.2) is 0 Å². The van der Waals surface area contributed by atoms with Crippen LogP contribution in [0.4, 0.5) is 0 Å². The number of halogens is 1. The third-order valence-electron chi connectivity index (χ3n) is 1.66. The minimum absolute atomic E-state index is 0.356. The Morgan fingerprint density at radius 2 is 2.31 bits per heavy atom. The fourth-order valence-corrected chi connectivity index (χ4v) is 1.45. The summed E-state index contributed by atoms with van der Waals surface area (Å²) in [5, 5.41) is 8.58. The molecule has 4 heteroatoms. The SMILES string of the molecule is N[C@H](Cc1cccc(Br)c1)C(=O)O. The average Bonchev–Trinajstić information content (AvgIpc) is 2.04. The average molecular weight is 244 g/mol. The molecule has 13 heavy (non-hydrogen) atoms. The van der Waals surface area contributed by atoms with Crippen molar-refractivity contribution in [3.8, 4) is 0 Å². The van der Waals surface area contributed by atoms with Crippen LogP contribution >= 0.6 is 15.9 Å². The van der Waals surface area contributed by atoms with Gasteiger partial charge in [-0.1, -0.05) is 28.1 Å². The molecule has 0 aliphatic carbocycles. The first kappa shape index (κ1) is 10.2. The summed E-state index contributed by atoms with van der Waals surface area (Å²) in [5.41, 5.74) is 6.30. The number of aliphatic carboxylic acids is 1. The van der Waals surface area contributed by atoms with Crippen LogP contribution in [0.15, 0.2) is 28.7 Å². The van der Waals surface area contributed by atoms with Gasteiger partial charge in [-0.15, -0.1) is 0 Å². The van der Waals surface area contributed by atoms with Crippen molar-refractivity contribution in [3.63, 3.8) is 0 Å². The van der Waals surface area contributed by atoms with Crippen molar-refractivity contribution in [1.82, 2.24) is 0 Å². The van der Waals surface area contributed by atoms with Crippen molar-refractivity contribution in [1.29, 1.82) is 0 Å². The second-order valence-electron chi connectivity index (χ2n) is 2.78. The standard InChI is InChI=1S/C9H10BrNO2/c10-7-3-1-2-6(4-7)5-8(11)9(12)13/h1-4,8H,5,11H2,(H,12,13)/t8-/m1/s1. The molecule has 1 aromatic rings. The van der Waals surface area contributed by atoms with Gasteiger partial charge in [0.1, 0.15) is 6.04 Å². The second kappa shape index (κ2) is 4.39. The van der Waals surface area contributed by atoms with Crippen LogP contribution in [0.1, 0.15) is 5.56 Å². The Balaban J connectivity index is 2.69. The highest BCUT2D eigenvalue weighted by Gasteiger charge is 2.11. The quantitative estimate of drug-likeness (QED) is 0.844. The molecule has 0 radical (unpaired) electrons. The molecule has 70 valence electrons. The van der Waals surface area contributed by atoms with Gasteiger partial charge in [0.2, 0.25) is 0 Å². The van der Waals surface area contributed by atoms with E-state index in [9.17, 15) is 4.79 Å². The zero-order chi connectivity index (χ0) is 9.84. The lowest BCUT2D eigenvalue weighted by Crippen LogP contribution is -2.32. The van der Waals surface area contributed by atoms with E-state index >= 15 is 0 Å². The number of hydrogen-bond donors (Lipinski definition) is 2. The predicted octanol–water partition coefficient (Wildman–Crippen LogP) is 1.40. The van der Waals surface area contributed by atoms with Crippen molar-refractivity contribution in [2.75, 3.05) is 0 Å². The molecule has 0 bridgehead atoms. The fourth-order valence-electron chi connectivity index (χ4n) is 1.01. The molecule has 0 saturated carbocycles. The Hall–Kier alpha value is -0.870. The number of carboxylic acid groups (broad SMARTS) is 1. The highest BCUT2D eigenvalue weighted by atomic mass is 79.9. The molecule has 0 aliphatic heterocycles. The van der Waals surface area contributed by atoms with Crippen molar-refractivity contribution < 1.29 is 9.90 Å². The first-order valence-corrected chi connectivity index (χ1v) is 4.61. The van der Waals surface area contributed by atoms with Crippen LogP contribution in [0.2, 0.25) is 0 Å². The van der Waals surface area contributed by atoms with E-state index in [2.05, 4.69) is 15.9 Å². The Morgan fingerprint density at radius 3 is 2.85 bits per heavy atom. The highest BCUT2D eigenvalue weighted by Crippen LogP contribution is 2.12. The minimum Gasteiger partial charge on any atom is -0.480 e. The summed E-state index contributed by atoms with van der Waals surface area (Å²) < 4.78 is 0.933. The molecule has 1 aromatic carbocycles. The molecule has 0 amide bonds. The molecule has 0 unspecified atom stereocenters. The molecule has 0 aromatic heterocycles. The molecular formula is C9H10BrNO2. The maximum atomic E-state index is 10.5. The number of rotatable bonds is 3. The van der Waals surface area contributed by atoms with Crippen LogP contribution in [-0.4, -0.2) is 17.1 Å². The lowest BCUT2D eigenvalue weighted by Gasteiger charge is -2.05. The summed E-state index contributed by atoms with van der Waals surface area (Å²) in [6.07, 6.45) is 0.356. The molecule has 3 N–H and O–H groups in total. The lowest BCUT2D eigenvalue weighted by molar-refractivity contribution is -0.138. The van der Waals surface area contributed by atoms with E-state index in [1.165, 1.54) is 0 Å². The van der Waals surface area contributed by atoms with Crippen LogP contribution in [0, 0.1) is 0 Å². The number of nitrogens with two attached hydrogens (primary N) is 1. The van der Waals surface area contributed by atoms with E-state index in [0.717, 1.165) is 10.0 Å². The molecule has 0 aliphatic rings. The summed E-state index contributed by atoms with van der Waals surface area (Å²) >= 11 is 3.30. The van der Waals surface area contributed by atoms with Gasteiger partial charge < -0.3 is 10.8 Å². The molecule has 3 nitrogen and oxygen atoms in total. The van der Waals surface area contributed by atoms with Crippen molar-refractivity contribution in [3.05, 3.63) is 34.3 Å². The van der Waals surface area contributed by atoms with E-state index in [-0.39, 0.29) is 0 Å². The van der Waals surface area contributed by atoms with Gasteiger partial charge in [0.05, 0.1) is 0 Å². The third-order valence-corrected chi connectivity index (χ3v) is 2.16. The van der Waals surface area contributed by atoms with E-state index in [1.54, 1.807) is 0 Å². The maximum absolute atomic E-state index is 10.5. The van der Waals surface area contributed by atoms with Gasteiger partial charge in [0, 0.05) is 4.47 Å². The number of carbonyl (C=O) groups is 1. The number of carboxylic acids is 1. The van der Waals surface area contributed by atoms with Crippen LogP contribution in [0.25, 0.3) is 0 Å². The van der Waals surface area contributed by atoms with Crippen LogP contribution < -0.4 is 5.73 Å². The van der Waals surface area contributed by atoms with Gasteiger partial charge in [-0.05, 0) is 24.1 Å². The van der Waals surface area contributed by atoms with Crippen LogP contribution in [0.3, 0.4) is 0 Å². The summed E-state index contributed by atoms with van der Waals surface area (Å²) in [4.78, 5) is 10.5. The Bertz CT molecular complexity index is 314. The Kier molecular flexibility index (Phi) is 3.45. The van der Waals surface area contributed by atoms with E-state index in [1.807, 2.05) is 24.3 Å². The monoisotopic (exact) mass is 243 g/mol. The zero-order valence-electron chi connectivity index (χ0n) is 6.90. The molecular weight excluding hydrogens is 234 g/mol. The molecule has 1 rings (SSSR count). The topological polar surface area (TPSA) is 63.3 Å². The second-order valence-corrected chi connectivity index (χ2v) is 3.69. The highest BCUT2D eigenvalue weighted by molar-refractivity contribution is 9.10. The predicted molar refractivity (Wildman–Crippen MR) is 53.5 cm³/mol. The Morgan fingerprint density at radius 1 is 1.62 bits per heavy atom. The summed E-state index contributed by atoms with van der Waals surface area (Å²) in [7, 11) is 0. The summed E-state index contributed by atoms with van der Waals surface area (Å²) in [6.45, 7) is 0.